The van der Waals surface area contributed by atoms with E-state index < -0.39 is 23.9 Å². The van der Waals surface area contributed by atoms with Gasteiger partial charge >= 0.3 is 5.97 Å². The van der Waals surface area contributed by atoms with Crippen molar-refractivity contribution >= 4 is 17.6 Å². The first kappa shape index (κ1) is 11.5. The standard InChI is InChI=1S/C11H11FN2O3/c1-5(11(16)17)13-9-7-3-2-6(12)4-8(7)14-10(9)15/h2-5,9,13H,1H3,(H,14,15)(H,16,17). The number of nitrogens with one attached hydrogen (secondary N) is 2. The van der Waals surface area contributed by atoms with Gasteiger partial charge in [0.15, 0.2) is 0 Å². The van der Waals surface area contributed by atoms with Crippen molar-refractivity contribution < 1.29 is 19.1 Å². The topological polar surface area (TPSA) is 78.4 Å². The van der Waals surface area contributed by atoms with Crippen LogP contribution < -0.4 is 10.6 Å². The fourth-order valence-electron chi connectivity index (χ4n) is 1.72. The molecule has 2 rings (SSSR count). The predicted molar refractivity (Wildman–Crippen MR) is 58.0 cm³/mol. The summed E-state index contributed by atoms with van der Waals surface area (Å²) in [6.07, 6.45) is 0. The van der Waals surface area contributed by atoms with E-state index in [9.17, 15) is 14.0 Å². The predicted octanol–water partition coefficient (Wildman–Crippen LogP) is 0.882. The second-order valence-electron chi connectivity index (χ2n) is 3.88. The van der Waals surface area contributed by atoms with E-state index in [1.54, 1.807) is 0 Å². The number of halogens is 1. The summed E-state index contributed by atoms with van der Waals surface area (Å²) in [6, 6.07) is 2.30. The van der Waals surface area contributed by atoms with E-state index in [0.29, 0.717) is 11.3 Å². The molecule has 0 saturated heterocycles. The molecule has 0 bridgehead atoms. The Hall–Kier alpha value is -1.95. The minimum Gasteiger partial charge on any atom is -0.480 e. The molecule has 2 unspecified atom stereocenters. The quantitative estimate of drug-likeness (QED) is 0.730. The molecule has 0 spiro atoms. The molecule has 1 aliphatic rings. The van der Waals surface area contributed by atoms with Gasteiger partial charge in [0.1, 0.15) is 17.9 Å². The summed E-state index contributed by atoms with van der Waals surface area (Å²) in [5.74, 6) is -1.87. The Labute approximate surface area is 96.6 Å². The van der Waals surface area contributed by atoms with Gasteiger partial charge in [-0.3, -0.25) is 14.9 Å². The van der Waals surface area contributed by atoms with Crippen molar-refractivity contribution in [1.29, 1.82) is 0 Å². The van der Waals surface area contributed by atoms with Crippen molar-refractivity contribution in [2.45, 2.75) is 19.0 Å². The zero-order chi connectivity index (χ0) is 12.6. The highest BCUT2D eigenvalue weighted by molar-refractivity contribution is 6.02. The van der Waals surface area contributed by atoms with Gasteiger partial charge in [-0.15, -0.1) is 0 Å². The molecule has 17 heavy (non-hydrogen) atoms. The fraction of sp³-hybridized carbons (Fsp3) is 0.273. The third kappa shape index (κ3) is 2.12. The maximum atomic E-state index is 12.9. The Balaban J connectivity index is 2.26. The molecule has 2 atom stereocenters. The molecule has 1 aromatic carbocycles. The molecule has 90 valence electrons. The van der Waals surface area contributed by atoms with Crippen molar-refractivity contribution in [1.82, 2.24) is 5.32 Å². The minimum absolute atomic E-state index is 0.376. The van der Waals surface area contributed by atoms with Crippen molar-refractivity contribution in [3.63, 3.8) is 0 Å². The summed E-state index contributed by atoms with van der Waals surface area (Å²) < 4.78 is 12.9. The average molecular weight is 238 g/mol. The lowest BCUT2D eigenvalue weighted by Crippen LogP contribution is -2.39. The van der Waals surface area contributed by atoms with Crippen LogP contribution in [0.2, 0.25) is 0 Å². The van der Waals surface area contributed by atoms with Crippen LogP contribution in [0.25, 0.3) is 0 Å². The molecule has 0 fully saturated rings. The molecule has 0 radical (unpaired) electrons. The highest BCUT2D eigenvalue weighted by Crippen LogP contribution is 2.31. The van der Waals surface area contributed by atoms with Gasteiger partial charge < -0.3 is 10.4 Å². The molecule has 6 heteroatoms. The zero-order valence-electron chi connectivity index (χ0n) is 9.03. The lowest BCUT2D eigenvalue weighted by atomic mass is 10.1. The van der Waals surface area contributed by atoms with Crippen LogP contribution in [0.5, 0.6) is 0 Å². The lowest BCUT2D eigenvalue weighted by molar-refractivity contribution is -0.139. The summed E-state index contributed by atoms with van der Waals surface area (Å²) in [4.78, 5) is 22.3. The second-order valence-corrected chi connectivity index (χ2v) is 3.88. The number of hydrogen-bond donors (Lipinski definition) is 3. The monoisotopic (exact) mass is 238 g/mol. The van der Waals surface area contributed by atoms with E-state index in [0.717, 1.165) is 0 Å². The number of aliphatic carboxylic acids is 1. The van der Waals surface area contributed by atoms with Crippen LogP contribution in [0.4, 0.5) is 10.1 Å². The van der Waals surface area contributed by atoms with Crippen LogP contribution in [-0.4, -0.2) is 23.0 Å². The highest BCUT2D eigenvalue weighted by Gasteiger charge is 2.32. The summed E-state index contributed by atoms with van der Waals surface area (Å²) >= 11 is 0. The summed E-state index contributed by atoms with van der Waals surface area (Å²) in [5.41, 5.74) is 0.939. The third-order valence-electron chi connectivity index (χ3n) is 2.63. The van der Waals surface area contributed by atoms with Crippen LogP contribution >= 0.6 is 0 Å². The number of hydrogen-bond acceptors (Lipinski definition) is 3. The first-order valence-corrected chi connectivity index (χ1v) is 5.08. The number of carbonyl (C=O) groups is 2. The van der Waals surface area contributed by atoms with Crippen LogP contribution in [0, 0.1) is 5.82 Å². The molecule has 0 saturated carbocycles. The zero-order valence-corrected chi connectivity index (χ0v) is 9.03. The minimum atomic E-state index is -1.05. The molecule has 5 nitrogen and oxygen atoms in total. The maximum absolute atomic E-state index is 12.9. The molecule has 1 aromatic rings. The SMILES string of the molecule is CC(NC1C(=O)Nc2cc(F)ccc21)C(=O)O. The van der Waals surface area contributed by atoms with Gasteiger partial charge in [0, 0.05) is 11.3 Å². The molecule has 0 aromatic heterocycles. The molecular weight excluding hydrogens is 227 g/mol. The van der Waals surface area contributed by atoms with E-state index in [-0.39, 0.29) is 5.91 Å². The Kier molecular flexibility index (Phi) is 2.81. The molecule has 1 aliphatic heterocycles. The maximum Gasteiger partial charge on any atom is 0.320 e. The van der Waals surface area contributed by atoms with Crippen molar-refractivity contribution in [2.75, 3.05) is 5.32 Å². The Morgan fingerprint density at radius 3 is 2.94 bits per heavy atom. The highest BCUT2D eigenvalue weighted by atomic mass is 19.1. The Morgan fingerprint density at radius 1 is 1.59 bits per heavy atom. The number of amides is 1. The third-order valence-corrected chi connectivity index (χ3v) is 2.63. The van der Waals surface area contributed by atoms with Gasteiger partial charge in [-0.2, -0.15) is 0 Å². The van der Waals surface area contributed by atoms with E-state index in [1.807, 2.05) is 0 Å². The number of anilines is 1. The number of benzene rings is 1. The first-order valence-electron chi connectivity index (χ1n) is 5.08. The molecule has 0 aliphatic carbocycles. The van der Waals surface area contributed by atoms with Crippen molar-refractivity contribution in [3.05, 3.63) is 29.6 Å². The molecule has 3 N–H and O–H groups in total. The Morgan fingerprint density at radius 2 is 2.29 bits per heavy atom. The van der Waals surface area contributed by atoms with Gasteiger partial charge in [-0.05, 0) is 19.1 Å². The summed E-state index contributed by atoms with van der Waals surface area (Å²) in [7, 11) is 0. The van der Waals surface area contributed by atoms with Crippen LogP contribution in [0.3, 0.4) is 0 Å². The number of fused-ring (bicyclic) bond motifs is 1. The smallest absolute Gasteiger partial charge is 0.320 e. The lowest BCUT2D eigenvalue weighted by Gasteiger charge is -2.14. The summed E-state index contributed by atoms with van der Waals surface area (Å²) in [5, 5.41) is 13.9. The fourth-order valence-corrected chi connectivity index (χ4v) is 1.72. The van der Waals surface area contributed by atoms with Gasteiger partial charge in [-0.1, -0.05) is 6.07 Å². The molecular formula is C11H11FN2O3. The van der Waals surface area contributed by atoms with Crippen molar-refractivity contribution in [2.24, 2.45) is 0 Å². The van der Waals surface area contributed by atoms with Crippen molar-refractivity contribution in [3.8, 4) is 0 Å². The van der Waals surface area contributed by atoms with Crippen LogP contribution in [0.15, 0.2) is 18.2 Å². The molecule has 1 amide bonds. The largest absolute Gasteiger partial charge is 0.480 e. The van der Waals surface area contributed by atoms with Gasteiger partial charge in [-0.25, -0.2) is 4.39 Å². The number of carboxylic acids is 1. The average Bonchev–Trinajstić information content (AvgIpc) is 2.54. The number of carbonyl (C=O) groups excluding carboxylic acids is 1. The van der Waals surface area contributed by atoms with Gasteiger partial charge in [0.25, 0.3) is 0 Å². The van der Waals surface area contributed by atoms with Crippen LogP contribution in [-0.2, 0) is 9.59 Å². The Bertz CT molecular complexity index is 490. The van der Waals surface area contributed by atoms with Crippen LogP contribution in [0.1, 0.15) is 18.5 Å². The summed E-state index contributed by atoms with van der Waals surface area (Å²) in [6.45, 7) is 1.44. The second kappa shape index (κ2) is 4.14. The molecule has 1 heterocycles. The van der Waals surface area contributed by atoms with E-state index in [2.05, 4.69) is 10.6 Å². The first-order chi connectivity index (χ1) is 7.99. The number of rotatable bonds is 3. The number of carboxylic acid groups (broad SMARTS) is 1. The van der Waals surface area contributed by atoms with E-state index in [4.69, 9.17) is 5.11 Å². The van der Waals surface area contributed by atoms with Gasteiger partial charge in [0.2, 0.25) is 5.91 Å². The van der Waals surface area contributed by atoms with E-state index >= 15 is 0 Å². The normalized spacial score (nSPS) is 19.6. The van der Waals surface area contributed by atoms with Gasteiger partial charge in [0.05, 0.1) is 0 Å². The van der Waals surface area contributed by atoms with E-state index in [1.165, 1.54) is 25.1 Å².